The number of unbranched alkanes of at least 4 members (excludes halogenated alkanes) is 19. The van der Waals surface area contributed by atoms with Gasteiger partial charge in [0, 0.05) is 6.42 Å². The molecule has 0 spiro atoms. The first-order chi connectivity index (χ1) is 19.2. The Morgan fingerprint density at radius 3 is 1.54 bits per heavy atom. The molecule has 0 heterocycles. The standard InChI is InChI=1S/C35H65NO3/c1-3-5-7-9-11-13-15-17-18-19-21-23-25-27-29-31-35(39)36-33(32-37)34(38)30-28-26-24-22-20-16-14-12-10-8-6-4-2/h11,13,15,17,28,30,33-34,37-38H,3-10,12,14,16,18-27,29,31-32H2,1-2H3,(H,36,39)/b13-11-,17-15-,30-28+. The number of allylic oxidation sites excluding steroid dienone is 5. The molecule has 0 aromatic carbocycles. The van der Waals surface area contributed by atoms with E-state index in [0.29, 0.717) is 6.42 Å². The van der Waals surface area contributed by atoms with Crippen LogP contribution in [0.5, 0.6) is 0 Å². The predicted molar refractivity (Wildman–Crippen MR) is 170 cm³/mol. The van der Waals surface area contributed by atoms with E-state index in [1.165, 1.54) is 103 Å². The number of carbonyl (C=O) groups is 1. The van der Waals surface area contributed by atoms with E-state index in [9.17, 15) is 15.0 Å². The minimum atomic E-state index is -0.840. The molecule has 0 bridgehead atoms. The van der Waals surface area contributed by atoms with E-state index in [4.69, 9.17) is 0 Å². The van der Waals surface area contributed by atoms with Gasteiger partial charge in [0.1, 0.15) is 0 Å². The van der Waals surface area contributed by atoms with Crippen molar-refractivity contribution < 1.29 is 15.0 Å². The van der Waals surface area contributed by atoms with Crippen LogP contribution in [0.3, 0.4) is 0 Å². The third kappa shape index (κ3) is 28.0. The molecule has 3 N–H and O–H groups in total. The van der Waals surface area contributed by atoms with E-state index in [0.717, 1.165) is 38.5 Å². The van der Waals surface area contributed by atoms with Crippen LogP contribution in [0.1, 0.15) is 162 Å². The molecule has 228 valence electrons. The fourth-order valence-corrected chi connectivity index (χ4v) is 4.75. The number of aliphatic hydroxyl groups excluding tert-OH is 2. The third-order valence-corrected chi connectivity index (χ3v) is 7.40. The number of rotatable bonds is 29. The summed E-state index contributed by atoms with van der Waals surface area (Å²) in [7, 11) is 0. The average molecular weight is 548 g/mol. The molecule has 0 saturated heterocycles. The molecule has 0 aromatic rings. The highest BCUT2D eigenvalue weighted by Gasteiger charge is 2.17. The molecule has 0 radical (unpaired) electrons. The van der Waals surface area contributed by atoms with Crippen LogP contribution in [0.15, 0.2) is 36.5 Å². The summed E-state index contributed by atoms with van der Waals surface area (Å²) in [5.74, 6) is -0.0796. The van der Waals surface area contributed by atoms with Crippen LogP contribution < -0.4 is 5.32 Å². The van der Waals surface area contributed by atoms with Crippen LogP contribution in [0.4, 0.5) is 0 Å². The van der Waals surface area contributed by atoms with Gasteiger partial charge in [0.05, 0.1) is 18.8 Å². The number of aliphatic hydroxyl groups is 2. The first kappa shape index (κ1) is 37.6. The maximum absolute atomic E-state index is 12.3. The SMILES string of the molecule is CCCCC/C=C\C=C/CCCCCCCCC(=O)NC(CO)C(O)/C=C/CCCCCCCCCCCC. The van der Waals surface area contributed by atoms with Crippen LogP contribution in [0, 0.1) is 0 Å². The Balaban J connectivity index is 3.69. The third-order valence-electron chi connectivity index (χ3n) is 7.40. The van der Waals surface area contributed by atoms with Gasteiger partial charge in [-0.15, -0.1) is 0 Å². The van der Waals surface area contributed by atoms with Crippen LogP contribution in [0.2, 0.25) is 0 Å². The van der Waals surface area contributed by atoms with E-state index in [1.807, 2.05) is 6.08 Å². The van der Waals surface area contributed by atoms with Crippen LogP contribution in [0.25, 0.3) is 0 Å². The van der Waals surface area contributed by atoms with Gasteiger partial charge < -0.3 is 15.5 Å². The van der Waals surface area contributed by atoms with Gasteiger partial charge >= 0.3 is 0 Å². The Labute approximate surface area is 242 Å². The Morgan fingerprint density at radius 2 is 1.03 bits per heavy atom. The van der Waals surface area contributed by atoms with Gasteiger partial charge in [0.2, 0.25) is 5.91 Å². The zero-order chi connectivity index (χ0) is 28.7. The fourth-order valence-electron chi connectivity index (χ4n) is 4.75. The van der Waals surface area contributed by atoms with Crippen LogP contribution >= 0.6 is 0 Å². The molecule has 39 heavy (non-hydrogen) atoms. The molecule has 4 nitrogen and oxygen atoms in total. The summed E-state index contributed by atoms with van der Waals surface area (Å²) in [6, 6.07) is -0.624. The number of nitrogens with one attached hydrogen (secondary N) is 1. The Kier molecular flexibility index (Phi) is 30.0. The zero-order valence-electron chi connectivity index (χ0n) is 25.9. The fraction of sp³-hybridized carbons (Fsp3) is 0.800. The van der Waals surface area contributed by atoms with Crippen LogP contribution in [-0.2, 0) is 4.79 Å². The van der Waals surface area contributed by atoms with Crippen molar-refractivity contribution in [3.63, 3.8) is 0 Å². The van der Waals surface area contributed by atoms with Gasteiger partial charge in [-0.05, 0) is 44.9 Å². The Bertz CT molecular complexity index is 599. The van der Waals surface area contributed by atoms with Crippen molar-refractivity contribution in [1.29, 1.82) is 0 Å². The van der Waals surface area contributed by atoms with E-state index in [1.54, 1.807) is 6.08 Å². The summed E-state index contributed by atoms with van der Waals surface area (Å²) in [4.78, 5) is 12.3. The second-order valence-electron chi connectivity index (χ2n) is 11.3. The smallest absolute Gasteiger partial charge is 0.220 e. The highest BCUT2D eigenvalue weighted by molar-refractivity contribution is 5.76. The molecule has 0 aliphatic heterocycles. The lowest BCUT2D eigenvalue weighted by Crippen LogP contribution is -2.45. The van der Waals surface area contributed by atoms with E-state index in [2.05, 4.69) is 43.5 Å². The Morgan fingerprint density at radius 1 is 0.615 bits per heavy atom. The molecular formula is C35H65NO3. The molecule has 0 aliphatic carbocycles. The molecule has 2 atom stereocenters. The molecule has 0 fully saturated rings. The normalized spacial score (nSPS) is 13.6. The average Bonchev–Trinajstić information content (AvgIpc) is 2.94. The first-order valence-electron chi connectivity index (χ1n) is 16.7. The van der Waals surface area contributed by atoms with E-state index in [-0.39, 0.29) is 12.5 Å². The summed E-state index contributed by atoms with van der Waals surface area (Å²) < 4.78 is 0. The van der Waals surface area contributed by atoms with Gasteiger partial charge in [-0.1, -0.05) is 147 Å². The van der Waals surface area contributed by atoms with Crippen molar-refractivity contribution >= 4 is 5.91 Å². The molecular weight excluding hydrogens is 482 g/mol. The van der Waals surface area contributed by atoms with E-state index < -0.39 is 12.1 Å². The number of carbonyl (C=O) groups excluding carboxylic acids is 1. The minimum Gasteiger partial charge on any atom is -0.394 e. The zero-order valence-corrected chi connectivity index (χ0v) is 25.9. The molecule has 1 amide bonds. The van der Waals surface area contributed by atoms with Gasteiger partial charge in [0.25, 0.3) is 0 Å². The Hall–Kier alpha value is -1.39. The van der Waals surface area contributed by atoms with Crippen LogP contribution in [-0.4, -0.2) is 34.9 Å². The minimum absolute atomic E-state index is 0.0796. The van der Waals surface area contributed by atoms with Crippen molar-refractivity contribution in [1.82, 2.24) is 5.32 Å². The molecule has 0 saturated carbocycles. The number of hydrogen-bond acceptors (Lipinski definition) is 3. The monoisotopic (exact) mass is 547 g/mol. The summed E-state index contributed by atoms with van der Waals surface area (Å²) in [5.41, 5.74) is 0. The summed E-state index contributed by atoms with van der Waals surface area (Å²) in [5, 5.41) is 22.8. The first-order valence-corrected chi connectivity index (χ1v) is 16.7. The molecule has 2 unspecified atom stereocenters. The number of hydrogen-bond donors (Lipinski definition) is 3. The second kappa shape index (κ2) is 31.1. The second-order valence-corrected chi connectivity index (χ2v) is 11.3. The summed E-state index contributed by atoms with van der Waals surface area (Å²) >= 11 is 0. The maximum Gasteiger partial charge on any atom is 0.220 e. The van der Waals surface area contributed by atoms with Gasteiger partial charge in [-0.25, -0.2) is 0 Å². The molecule has 0 aromatic heterocycles. The molecule has 0 rings (SSSR count). The van der Waals surface area contributed by atoms with Crippen molar-refractivity contribution in [3.8, 4) is 0 Å². The van der Waals surface area contributed by atoms with Gasteiger partial charge in [-0.3, -0.25) is 4.79 Å². The largest absolute Gasteiger partial charge is 0.394 e. The summed E-state index contributed by atoms with van der Waals surface area (Å²) in [6.07, 6.45) is 39.3. The lowest BCUT2D eigenvalue weighted by Gasteiger charge is -2.20. The van der Waals surface area contributed by atoms with Crippen molar-refractivity contribution in [3.05, 3.63) is 36.5 Å². The van der Waals surface area contributed by atoms with Crippen molar-refractivity contribution in [2.45, 2.75) is 174 Å². The topological polar surface area (TPSA) is 69.6 Å². The molecule has 4 heteroatoms. The highest BCUT2D eigenvalue weighted by Crippen LogP contribution is 2.12. The van der Waals surface area contributed by atoms with Crippen molar-refractivity contribution in [2.75, 3.05) is 6.61 Å². The highest BCUT2D eigenvalue weighted by atomic mass is 16.3. The maximum atomic E-state index is 12.3. The van der Waals surface area contributed by atoms with E-state index >= 15 is 0 Å². The van der Waals surface area contributed by atoms with Crippen molar-refractivity contribution in [2.24, 2.45) is 0 Å². The lowest BCUT2D eigenvalue weighted by molar-refractivity contribution is -0.123. The quantitative estimate of drug-likeness (QED) is 0.0496. The number of amides is 1. The van der Waals surface area contributed by atoms with Gasteiger partial charge in [-0.2, -0.15) is 0 Å². The van der Waals surface area contributed by atoms with Gasteiger partial charge in [0.15, 0.2) is 0 Å². The predicted octanol–water partition coefficient (Wildman–Crippen LogP) is 9.51. The lowest BCUT2D eigenvalue weighted by atomic mass is 10.1. The molecule has 0 aliphatic rings. The summed E-state index contributed by atoms with van der Waals surface area (Å²) in [6.45, 7) is 4.24.